The second kappa shape index (κ2) is 8.49. The number of amides is 3. The Morgan fingerprint density at radius 1 is 0.920 bits per heavy atom. The van der Waals surface area contributed by atoms with Crippen molar-refractivity contribution in [2.75, 3.05) is 17.7 Å². The van der Waals surface area contributed by atoms with Crippen LogP contribution in [0.3, 0.4) is 0 Å². The second-order valence-electron chi connectivity index (χ2n) is 5.19. The first kappa shape index (κ1) is 18.0. The predicted octanol–water partition coefficient (Wildman–Crippen LogP) is 2.75. The molecule has 0 atom stereocenters. The van der Waals surface area contributed by atoms with Crippen LogP contribution in [0.4, 0.5) is 16.2 Å². The molecule has 0 aliphatic heterocycles. The summed E-state index contributed by atoms with van der Waals surface area (Å²) in [7, 11) is 1.23. The topological polar surface area (TPSA) is 96.5 Å². The fourth-order valence-electron chi connectivity index (χ4n) is 2.22. The van der Waals surface area contributed by atoms with Crippen LogP contribution in [0.15, 0.2) is 48.5 Å². The Hall–Kier alpha value is -3.35. The Balaban J connectivity index is 2.15. The largest absolute Gasteiger partial charge is 0.465 e. The molecule has 0 spiro atoms. The maximum atomic E-state index is 12.1. The van der Waals surface area contributed by atoms with Crippen LogP contribution in [0.1, 0.15) is 22.8 Å². The molecule has 7 heteroatoms. The second-order valence-corrected chi connectivity index (χ2v) is 5.19. The van der Waals surface area contributed by atoms with E-state index in [1.165, 1.54) is 14.0 Å². The lowest BCUT2D eigenvalue weighted by Gasteiger charge is -2.14. The normalized spacial score (nSPS) is 9.84. The van der Waals surface area contributed by atoms with Crippen LogP contribution in [0.25, 0.3) is 0 Å². The maximum Gasteiger partial charge on any atom is 0.342 e. The number of hydrogen-bond acceptors (Lipinski definition) is 4. The van der Waals surface area contributed by atoms with E-state index in [9.17, 15) is 14.4 Å². The number of urea groups is 1. The number of esters is 1. The van der Waals surface area contributed by atoms with E-state index in [2.05, 4.69) is 16.0 Å². The number of methoxy groups -OCH3 is 1. The third kappa shape index (κ3) is 5.07. The first-order valence-corrected chi connectivity index (χ1v) is 7.59. The molecule has 7 nitrogen and oxygen atoms in total. The molecule has 25 heavy (non-hydrogen) atoms. The fourth-order valence-corrected chi connectivity index (χ4v) is 2.22. The van der Waals surface area contributed by atoms with Crippen LogP contribution in [-0.4, -0.2) is 25.0 Å². The van der Waals surface area contributed by atoms with Crippen LogP contribution < -0.4 is 16.0 Å². The number of rotatable bonds is 5. The summed E-state index contributed by atoms with van der Waals surface area (Å²) in [6.07, 6.45) is 0. The number of hydrogen-bond donors (Lipinski definition) is 3. The first-order chi connectivity index (χ1) is 12.0. The van der Waals surface area contributed by atoms with E-state index in [1.54, 1.807) is 18.2 Å². The average Bonchev–Trinajstić information content (AvgIpc) is 2.60. The van der Waals surface area contributed by atoms with Gasteiger partial charge in [-0.15, -0.1) is 0 Å². The van der Waals surface area contributed by atoms with E-state index in [4.69, 9.17) is 4.74 Å². The quantitative estimate of drug-likeness (QED) is 0.729. The van der Waals surface area contributed by atoms with E-state index in [0.717, 1.165) is 5.56 Å². The number of ether oxygens (including phenoxy) is 1. The SMILES string of the molecule is COC(=O)c1c(NC(C)=O)cccc1NC(=O)NCc1ccccc1. The van der Waals surface area contributed by atoms with E-state index in [1.807, 2.05) is 30.3 Å². The van der Waals surface area contributed by atoms with Crippen molar-refractivity contribution in [1.82, 2.24) is 5.32 Å². The molecule has 130 valence electrons. The molecule has 3 amide bonds. The lowest BCUT2D eigenvalue weighted by molar-refractivity contribution is -0.114. The standard InChI is InChI=1S/C18H19N3O4/c1-12(22)20-14-9-6-10-15(16(14)17(23)25-2)21-18(24)19-11-13-7-4-3-5-8-13/h3-10H,11H2,1-2H3,(H,20,22)(H2,19,21,24). The Labute approximate surface area is 145 Å². The van der Waals surface area contributed by atoms with Crippen LogP contribution in [-0.2, 0) is 16.1 Å². The molecule has 3 N–H and O–H groups in total. The molecule has 0 saturated carbocycles. The summed E-state index contributed by atoms with van der Waals surface area (Å²) in [6.45, 7) is 1.67. The summed E-state index contributed by atoms with van der Waals surface area (Å²) in [5, 5.41) is 7.86. The molecular weight excluding hydrogens is 322 g/mol. The van der Waals surface area contributed by atoms with Gasteiger partial charge in [-0.3, -0.25) is 4.79 Å². The molecule has 0 aliphatic carbocycles. The number of nitrogens with one attached hydrogen (secondary N) is 3. The van der Waals surface area contributed by atoms with Gasteiger partial charge in [0.2, 0.25) is 5.91 Å². The summed E-state index contributed by atoms with van der Waals surface area (Å²) in [6, 6.07) is 13.7. The molecule has 2 aromatic rings. The lowest BCUT2D eigenvalue weighted by atomic mass is 10.1. The van der Waals surface area contributed by atoms with Crippen molar-refractivity contribution in [2.45, 2.75) is 13.5 Å². The van der Waals surface area contributed by atoms with Crippen molar-refractivity contribution in [3.8, 4) is 0 Å². The average molecular weight is 341 g/mol. The number of carbonyl (C=O) groups is 3. The van der Waals surface area contributed by atoms with Crippen LogP contribution in [0.5, 0.6) is 0 Å². The minimum atomic E-state index is -0.664. The van der Waals surface area contributed by atoms with Gasteiger partial charge in [-0.1, -0.05) is 36.4 Å². The molecule has 0 unspecified atom stereocenters. The summed E-state index contributed by atoms with van der Waals surface area (Å²) in [5.74, 6) is -1.00. The van der Waals surface area contributed by atoms with Gasteiger partial charge in [0.1, 0.15) is 5.56 Å². The first-order valence-electron chi connectivity index (χ1n) is 7.59. The van der Waals surface area contributed by atoms with Gasteiger partial charge < -0.3 is 20.7 Å². The van der Waals surface area contributed by atoms with Crippen molar-refractivity contribution < 1.29 is 19.1 Å². The van der Waals surface area contributed by atoms with E-state index in [-0.39, 0.29) is 22.8 Å². The molecule has 0 saturated heterocycles. The fraction of sp³-hybridized carbons (Fsp3) is 0.167. The Kier molecular flexibility index (Phi) is 6.11. The number of benzene rings is 2. The summed E-state index contributed by atoms with van der Waals surface area (Å²) in [4.78, 5) is 35.5. The van der Waals surface area contributed by atoms with Crippen LogP contribution in [0.2, 0.25) is 0 Å². The van der Waals surface area contributed by atoms with Crippen molar-refractivity contribution in [1.29, 1.82) is 0 Å². The molecular formula is C18H19N3O4. The predicted molar refractivity (Wildman–Crippen MR) is 94.4 cm³/mol. The van der Waals surface area contributed by atoms with Crippen LogP contribution in [0, 0.1) is 0 Å². The summed E-state index contributed by atoms with van der Waals surface area (Å²) < 4.78 is 4.75. The van der Waals surface area contributed by atoms with Gasteiger partial charge in [-0.05, 0) is 17.7 Å². The minimum absolute atomic E-state index is 0.0788. The molecule has 0 radical (unpaired) electrons. The Morgan fingerprint density at radius 2 is 1.56 bits per heavy atom. The maximum absolute atomic E-state index is 12.1. The molecule has 2 aromatic carbocycles. The van der Waals surface area contributed by atoms with Crippen molar-refractivity contribution >= 4 is 29.3 Å². The minimum Gasteiger partial charge on any atom is -0.465 e. The molecule has 0 fully saturated rings. The highest BCUT2D eigenvalue weighted by Crippen LogP contribution is 2.25. The van der Waals surface area contributed by atoms with E-state index in [0.29, 0.717) is 6.54 Å². The van der Waals surface area contributed by atoms with Gasteiger partial charge in [-0.25, -0.2) is 9.59 Å². The van der Waals surface area contributed by atoms with Crippen molar-refractivity contribution in [3.63, 3.8) is 0 Å². The Morgan fingerprint density at radius 3 is 2.16 bits per heavy atom. The van der Waals surface area contributed by atoms with Gasteiger partial charge in [0, 0.05) is 13.5 Å². The zero-order valence-electron chi connectivity index (χ0n) is 14.0. The molecule has 0 aromatic heterocycles. The molecule has 0 heterocycles. The number of carbonyl (C=O) groups excluding carboxylic acids is 3. The monoisotopic (exact) mass is 341 g/mol. The molecule has 2 rings (SSSR count). The number of anilines is 2. The molecule has 0 aliphatic rings. The molecule has 0 bridgehead atoms. The van der Waals surface area contributed by atoms with Gasteiger partial charge in [-0.2, -0.15) is 0 Å². The highest BCUT2D eigenvalue weighted by atomic mass is 16.5. The van der Waals surface area contributed by atoms with Crippen molar-refractivity contribution in [3.05, 3.63) is 59.7 Å². The lowest BCUT2D eigenvalue weighted by Crippen LogP contribution is -2.29. The summed E-state index contributed by atoms with van der Waals surface area (Å²) >= 11 is 0. The van der Waals surface area contributed by atoms with Gasteiger partial charge in [0.15, 0.2) is 0 Å². The van der Waals surface area contributed by atoms with E-state index < -0.39 is 12.0 Å². The highest BCUT2D eigenvalue weighted by Gasteiger charge is 2.19. The van der Waals surface area contributed by atoms with Gasteiger partial charge in [0.25, 0.3) is 0 Å². The Bertz CT molecular complexity index is 775. The van der Waals surface area contributed by atoms with Crippen LogP contribution >= 0.6 is 0 Å². The van der Waals surface area contributed by atoms with Crippen molar-refractivity contribution in [2.24, 2.45) is 0 Å². The zero-order valence-corrected chi connectivity index (χ0v) is 14.0. The smallest absolute Gasteiger partial charge is 0.342 e. The van der Waals surface area contributed by atoms with Gasteiger partial charge in [0.05, 0.1) is 18.5 Å². The third-order valence-electron chi connectivity index (χ3n) is 3.31. The third-order valence-corrected chi connectivity index (χ3v) is 3.31. The van der Waals surface area contributed by atoms with Gasteiger partial charge >= 0.3 is 12.0 Å². The van der Waals surface area contributed by atoms with E-state index >= 15 is 0 Å². The summed E-state index contributed by atoms with van der Waals surface area (Å²) in [5.41, 5.74) is 1.52. The zero-order chi connectivity index (χ0) is 18.2. The highest BCUT2D eigenvalue weighted by molar-refractivity contribution is 6.07.